The van der Waals surface area contributed by atoms with Crippen molar-refractivity contribution in [1.82, 2.24) is 4.90 Å². The summed E-state index contributed by atoms with van der Waals surface area (Å²) in [6.07, 6.45) is 1.12. The highest BCUT2D eigenvalue weighted by Crippen LogP contribution is 2.27. The molecule has 1 saturated heterocycles. The molecule has 0 spiro atoms. The van der Waals surface area contributed by atoms with E-state index >= 15 is 0 Å². The lowest BCUT2D eigenvalue weighted by Crippen LogP contribution is -2.42. The van der Waals surface area contributed by atoms with E-state index in [9.17, 15) is 18.0 Å². The van der Waals surface area contributed by atoms with E-state index in [1.165, 1.54) is 42.5 Å². The predicted octanol–water partition coefficient (Wildman–Crippen LogP) is 3.97. The number of nitrogens with zero attached hydrogens (tertiary/aromatic N) is 1. The molecular weight excluding hydrogens is 491 g/mol. The van der Waals surface area contributed by atoms with Gasteiger partial charge in [-0.2, -0.15) is 0 Å². The topological polar surface area (TPSA) is 102 Å². The number of hydrogen-bond donors (Lipinski definition) is 1. The van der Waals surface area contributed by atoms with Crippen molar-refractivity contribution < 1.29 is 27.5 Å². The molecule has 3 rings (SSSR count). The lowest BCUT2D eigenvalue weighted by molar-refractivity contribution is -0.151. The molecule has 2 aromatic carbocycles. The van der Waals surface area contributed by atoms with Gasteiger partial charge in [-0.25, -0.2) is 8.42 Å². The number of ether oxygens (including phenoxy) is 2. The van der Waals surface area contributed by atoms with Crippen LogP contribution in [0.1, 0.15) is 19.8 Å². The summed E-state index contributed by atoms with van der Waals surface area (Å²) in [5, 5.41) is 0.550. The van der Waals surface area contributed by atoms with Crippen molar-refractivity contribution in [3.05, 3.63) is 52.5 Å². The van der Waals surface area contributed by atoms with Crippen LogP contribution < -0.4 is 9.46 Å². The summed E-state index contributed by atoms with van der Waals surface area (Å²) in [4.78, 5) is 25.9. The van der Waals surface area contributed by atoms with Crippen molar-refractivity contribution in [3.8, 4) is 5.75 Å². The van der Waals surface area contributed by atoms with Gasteiger partial charge in [0.15, 0.2) is 6.61 Å². The Bertz CT molecular complexity index is 1100. The summed E-state index contributed by atoms with van der Waals surface area (Å²) in [5.41, 5.74) is 0.280. The number of likely N-dealkylation sites (tertiary alicyclic amines) is 1. The number of carbonyl (C=O) groups is 2. The lowest BCUT2D eigenvalue weighted by atomic mass is 9.97. The number of amides is 1. The molecule has 1 heterocycles. The molecule has 8 nitrogen and oxygen atoms in total. The Balaban J connectivity index is 1.51. The van der Waals surface area contributed by atoms with Gasteiger partial charge in [0.25, 0.3) is 15.9 Å². The molecule has 178 valence electrons. The summed E-state index contributed by atoms with van der Waals surface area (Å²) in [5.74, 6) is -0.236. The fourth-order valence-electron chi connectivity index (χ4n) is 3.35. The van der Waals surface area contributed by atoms with Crippen molar-refractivity contribution >= 4 is 50.8 Å². The van der Waals surface area contributed by atoms with Crippen LogP contribution in [-0.2, 0) is 24.3 Å². The summed E-state index contributed by atoms with van der Waals surface area (Å²) in [6, 6.07) is 10.1. The van der Waals surface area contributed by atoms with E-state index in [4.69, 9.17) is 32.7 Å². The van der Waals surface area contributed by atoms with E-state index in [1.54, 1.807) is 11.8 Å². The van der Waals surface area contributed by atoms with Gasteiger partial charge in [0.2, 0.25) is 0 Å². The number of piperidine rings is 1. The molecule has 1 aliphatic heterocycles. The summed E-state index contributed by atoms with van der Waals surface area (Å²) in [7, 11) is -3.84. The van der Waals surface area contributed by atoms with Gasteiger partial charge in [0.05, 0.1) is 33.2 Å². The van der Waals surface area contributed by atoms with Crippen LogP contribution in [0.25, 0.3) is 0 Å². The number of hydrogen-bond acceptors (Lipinski definition) is 6. The highest BCUT2D eigenvalue weighted by atomic mass is 35.5. The van der Waals surface area contributed by atoms with Gasteiger partial charge in [0.1, 0.15) is 5.75 Å². The average molecular weight is 515 g/mol. The number of esters is 1. The molecule has 0 radical (unpaired) electrons. The molecule has 0 atom stereocenters. The number of sulfonamides is 1. The maximum absolute atomic E-state index is 12.6. The third-order valence-electron chi connectivity index (χ3n) is 5.14. The lowest BCUT2D eigenvalue weighted by Gasteiger charge is -2.30. The maximum atomic E-state index is 12.6. The molecule has 33 heavy (non-hydrogen) atoms. The fourth-order valence-corrected chi connectivity index (χ4v) is 4.70. The third-order valence-corrected chi connectivity index (χ3v) is 7.27. The predicted molar refractivity (Wildman–Crippen MR) is 125 cm³/mol. The second-order valence-corrected chi connectivity index (χ2v) is 9.90. The van der Waals surface area contributed by atoms with Gasteiger partial charge in [-0.3, -0.25) is 14.3 Å². The molecule has 0 unspecified atom stereocenters. The Morgan fingerprint density at radius 2 is 1.73 bits per heavy atom. The van der Waals surface area contributed by atoms with Crippen LogP contribution in [0.15, 0.2) is 47.4 Å². The molecule has 1 fully saturated rings. The van der Waals surface area contributed by atoms with Crippen LogP contribution in [0.4, 0.5) is 5.69 Å². The van der Waals surface area contributed by atoms with Gasteiger partial charge >= 0.3 is 5.97 Å². The minimum atomic E-state index is -3.84. The van der Waals surface area contributed by atoms with Gasteiger partial charge in [0, 0.05) is 13.1 Å². The molecule has 0 aromatic heterocycles. The standard InChI is InChI=1S/C22H24Cl2N2O6S/c1-2-31-22(28)15-9-11-26(12-10-15)21(27)14-32-17-4-6-18(7-5-17)33(29,30)25-16-3-8-19(23)20(24)13-16/h3-8,13,15,25H,2,9-12,14H2,1H3. The van der Waals surface area contributed by atoms with Crippen LogP contribution in [0.2, 0.25) is 10.0 Å². The van der Waals surface area contributed by atoms with Crippen molar-refractivity contribution in [1.29, 1.82) is 0 Å². The Hall–Kier alpha value is -2.49. The van der Waals surface area contributed by atoms with Crippen LogP contribution in [0, 0.1) is 5.92 Å². The van der Waals surface area contributed by atoms with Crippen molar-refractivity contribution in [3.63, 3.8) is 0 Å². The molecule has 11 heteroatoms. The normalized spacial score (nSPS) is 14.6. The molecule has 0 aliphatic carbocycles. The first-order valence-corrected chi connectivity index (χ1v) is 12.6. The smallest absolute Gasteiger partial charge is 0.309 e. The number of carbonyl (C=O) groups excluding carboxylic acids is 2. The van der Waals surface area contributed by atoms with Crippen LogP contribution in [0.5, 0.6) is 5.75 Å². The van der Waals surface area contributed by atoms with Gasteiger partial charge < -0.3 is 14.4 Å². The first-order chi connectivity index (χ1) is 15.7. The van der Waals surface area contributed by atoms with Crippen molar-refractivity contribution in [2.45, 2.75) is 24.7 Å². The maximum Gasteiger partial charge on any atom is 0.309 e. The van der Waals surface area contributed by atoms with Crippen molar-refractivity contribution in [2.24, 2.45) is 5.92 Å². The molecule has 2 aromatic rings. The number of rotatable bonds is 8. The highest BCUT2D eigenvalue weighted by molar-refractivity contribution is 7.92. The molecule has 1 aliphatic rings. The largest absolute Gasteiger partial charge is 0.484 e. The Kier molecular flexibility index (Phi) is 8.45. The summed E-state index contributed by atoms with van der Waals surface area (Å²) >= 11 is 11.8. The number of anilines is 1. The minimum absolute atomic E-state index is 0.0216. The second-order valence-electron chi connectivity index (χ2n) is 7.40. The first-order valence-electron chi connectivity index (χ1n) is 10.3. The molecule has 1 N–H and O–H groups in total. The summed E-state index contributed by atoms with van der Waals surface area (Å²) < 4.78 is 38.1. The highest BCUT2D eigenvalue weighted by Gasteiger charge is 2.28. The zero-order valence-corrected chi connectivity index (χ0v) is 20.3. The zero-order chi connectivity index (χ0) is 24.0. The van der Waals surface area contributed by atoms with Crippen molar-refractivity contribution in [2.75, 3.05) is 31.0 Å². The van der Waals surface area contributed by atoms with Gasteiger partial charge in [-0.05, 0) is 62.2 Å². The summed E-state index contributed by atoms with van der Waals surface area (Å²) in [6.45, 7) is 2.85. The Morgan fingerprint density at radius 1 is 1.06 bits per heavy atom. The van der Waals surface area contributed by atoms with E-state index in [1.807, 2.05) is 0 Å². The first kappa shape index (κ1) is 25.1. The monoisotopic (exact) mass is 514 g/mol. The third kappa shape index (κ3) is 6.75. The number of benzene rings is 2. The van der Waals surface area contributed by atoms with E-state index in [-0.39, 0.29) is 40.0 Å². The number of halogens is 2. The molecule has 0 saturated carbocycles. The van der Waals surface area contributed by atoms with E-state index in [0.717, 1.165) is 0 Å². The Morgan fingerprint density at radius 3 is 2.33 bits per heavy atom. The van der Waals surface area contributed by atoms with E-state index < -0.39 is 10.0 Å². The Labute approximate surface area is 202 Å². The van der Waals surface area contributed by atoms with Crippen LogP contribution >= 0.6 is 23.2 Å². The fraction of sp³-hybridized carbons (Fsp3) is 0.364. The quantitative estimate of drug-likeness (QED) is 0.534. The SMILES string of the molecule is CCOC(=O)C1CCN(C(=O)COc2ccc(S(=O)(=O)Nc3ccc(Cl)c(Cl)c3)cc2)CC1. The number of nitrogens with one attached hydrogen (secondary N) is 1. The zero-order valence-electron chi connectivity index (χ0n) is 17.9. The van der Waals surface area contributed by atoms with Gasteiger partial charge in [-0.15, -0.1) is 0 Å². The molecule has 0 bridgehead atoms. The molecule has 1 amide bonds. The minimum Gasteiger partial charge on any atom is -0.484 e. The second kappa shape index (κ2) is 11.1. The van der Waals surface area contributed by atoms with Gasteiger partial charge in [-0.1, -0.05) is 23.2 Å². The van der Waals surface area contributed by atoms with Crippen LogP contribution in [0.3, 0.4) is 0 Å². The van der Waals surface area contributed by atoms with E-state index in [2.05, 4.69) is 4.72 Å². The average Bonchev–Trinajstić information content (AvgIpc) is 2.80. The van der Waals surface area contributed by atoms with E-state index in [0.29, 0.717) is 43.3 Å². The van der Waals surface area contributed by atoms with Crippen LogP contribution in [-0.4, -0.2) is 51.5 Å². The molecular formula is C22H24Cl2N2O6S.